The number of carbonyl (C=O) groups is 4. The number of hydrazine groups is 1. The van der Waals surface area contributed by atoms with E-state index in [4.69, 9.17) is 9.47 Å². The second-order valence-corrected chi connectivity index (χ2v) is 8.42. The molecule has 3 rings (SSSR count). The molecule has 1 aliphatic rings. The van der Waals surface area contributed by atoms with Crippen molar-refractivity contribution in [1.82, 2.24) is 10.4 Å². The van der Waals surface area contributed by atoms with Gasteiger partial charge in [0.05, 0.1) is 25.1 Å². The lowest BCUT2D eigenvalue weighted by atomic mass is 10.1. The minimum Gasteiger partial charge on any atom is -0.496 e. The molecule has 3 amide bonds. The van der Waals surface area contributed by atoms with E-state index in [0.29, 0.717) is 11.4 Å². The Balaban J connectivity index is 1.51. The highest BCUT2D eigenvalue weighted by atomic mass is 79.9. The fourth-order valence-electron chi connectivity index (χ4n) is 3.46. The Morgan fingerprint density at radius 2 is 1.82 bits per heavy atom. The number of amides is 3. The Labute approximate surface area is 199 Å². The fraction of sp³-hybridized carbons (Fsp3) is 0.304. The number of hydrogen-bond donors (Lipinski definition) is 2. The van der Waals surface area contributed by atoms with Crippen molar-refractivity contribution in [1.29, 1.82) is 0 Å². The van der Waals surface area contributed by atoms with Crippen molar-refractivity contribution in [2.24, 2.45) is 5.92 Å². The summed E-state index contributed by atoms with van der Waals surface area (Å²) >= 11 is 3.47. The van der Waals surface area contributed by atoms with Gasteiger partial charge < -0.3 is 14.8 Å². The maximum Gasteiger partial charge on any atom is 0.311 e. The highest BCUT2D eigenvalue weighted by molar-refractivity contribution is 9.10. The average molecular weight is 518 g/mol. The SMILES string of the molecule is COc1ccccc1C(=O)NN1C[C@H](C(=O)OCC(=O)Nc2cc(C)c(Br)c(C)c2)CC1=O. The molecule has 1 fully saturated rings. The summed E-state index contributed by atoms with van der Waals surface area (Å²) in [5.74, 6) is -2.56. The fourth-order valence-corrected chi connectivity index (χ4v) is 3.69. The lowest BCUT2D eigenvalue weighted by Crippen LogP contribution is -2.43. The minimum absolute atomic E-state index is 0.0503. The predicted molar refractivity (Wildman–Crippen MR) is 123 cm³/mol. The molecule has 2 aromatic rings. The van der Waals surface area contributed by atoms with Crippen LogP contribution in [-0.4, -0.2) is 49.0 Å². The van der Waals surface area contributed by atoms with E-state index in [9.17, 15) is 19.2 Å². The molecule has 0 bridgehead atoms. The van der Waals surface area contributed by atoms with Crippen LogP contribution in [0.3, 0.4) is 0 Å². The molecule has 0 unspecified atom stereocenters. The van der Waals surface area contributed by atoms with Gasteiger partial charge in [0, 0.05) is 16.6 Å². The van der Waals surface area contributed by atoms with E-state index in [1.165, 1.54) is 7.11 Å². The van der Waals surface area contributed by atoms with Crippen LogP contribution in [-0.2, 0) is 19.1 Å². The van der Waals surface area contributed by atoms with Gasteiger partial charge in [-0.15, -0.1) is 0 Å². The van der Waals surface area contributed by atoms with Gasteiger partial charge in [-0.25, -0.2) is 0 Å². The number of rotatable bonds is 7. The number of aryl methyl sites for hydroxylation is 2. The van der Waals surface area contributed by atoms with Crippen LogP contribution >= 0.6 is 15.9 Å². The number of anilines is 1. The molecule has 10 heteroatoms. The van der Waals surface area contributed by atoms with Crippen LogP contribution in [0.2, 0.25) is 0 Å². The molecule has 0 spiro atoms. The summed E-state index contributed by atoms with van der Waals surface area (Å²) in [6.07, 6.45) is -0.127. The standard InChI is InChI=1S/C23H24BrN3O6/c1-13-8-16(9-14(2)21(13)24)25-19(28)12-33-23(31)15-10-20(29)27(11-15)26-22(30)17-6-4-5-7-18(17)32-3/h4-9,15H,10-12H2,1-3H3,(H,25,28)(H,26,30)/t15-/m1/s1. The summed E-state index contributed by atoms with van der Waals surface area (Å²) in [5.41, 5.74) is 5.26. The summed E-state index contributed by atoms with van der Waals surface area (Å²) in [6, 6.07) is 10.2. The third kappa shape index (κ3) is 5.89. The van der Waals surface area contributed by atoms with E-state index >= 15 is 0 Å². The Kier molecular flexibility index (Phi) is 7.70. The van der Waals surface area contributed by atoms with E-state index < -0.39 is 36.2 Å². The van der Waals surface area contributed by atoms with Crippen LogP contribution < -0.4 is 15.5 Å². The average Bonchev–Trinajstić information content (AvgIpc) is 3.15. The lowest BCUT2D eigenvalue weighted by molar-refractivity contribution is -0.151. The molecule has 0 aromatic heterocycles. The summed E-state index contributed by atoms with van der Waals surface area (Å²) in [5, 5.41) is 3.76. The molecule has 1 saturated heterocycles. The number of ether oxygens (including phenoxy) is 2. The Morgan fingerprint density at radius 1 is 1.15 bits per heavy atom. The Hall–Kier alpha value is -3.40. The number of nitrogens with zero attached hydrogens (tertiary/aromatic N) is 1. The number of methoxy groups -OCH3 is 1. The van der Waals surface area contributed by atoms with Gasteiger partial charge >= 0.3 is 5.97 Å². The summed E-state index contributed by atoms with van der Waals surface area (Å²) in [6.45, 7) is 3.28. The van der Waals surface area contributed by atoms with Gasteiger partial charge in [-0.3, -0.25) is 29.6 Å². The number of para-hydroxylation sites is 1. The van der Waals surface area contributed by atoms with E-state index in [1.807, 2.05) is 13.8 Å². The topological polar surface area (TPSA) is 114 Å². The molecule has 1 atom stereocenters. The molecule has 174 valence electrons. The monoisotopic (exact) mass is 517 g/mol. The first kappa shape index (κ1) is 24.2. The van der Waals surface area contributed by atoms with Gasteiger partial charge in [-0.2, -0.15) is 0 Å². The van der Waals surface area contributed by atoms with Crippen molar-refractivity contribution in [2.75, 3.05) is 25.6 Å². The number of esters is 1. The molecule has 9 nitrogen and oxygen atoms in total. The van der Waals surface area contributed by atoms with Crippen LogP contribution in [0.5, 0.6) is 5.75 Å². The zero-order valence-electron chi connectivity index (χ0n) is 18.4. The van der Waals surface area contributed by atoms with Gasteiger partial charge in [0.15, 0.2) is 6.61 Å². The van der Waals surface area contributed by atoms with Gasteiger partial charge in [0.25, 0.3) is 11.8 Å². The van der Waals surface area contributed by atoms with Gasteiger partial charge in [-0.1, -0.05) is 28.1 Å². The smallest absolute Gasteiger partial charge is 0.311 e. The molecule has 2 N–H and O–H groups in total. The predicted octanol–water partition coefficient (Wildman–Crippen LogP) is 2.75. The van der Waals surface area contributed by atoms with E-state index in [2.05, 4.69) is 26.7 Å². The Bertz CT molecular complexity index is 1080. The van der Waals surface area contributed by atoms with Crippen molar-refractivity contribution in [3.05, 3.63) is 57.6 Å². The maximum atomic E-state index is 12.5. The second kappa shape index (κ2) is 10.5. The summed E-state index contributed by atoms with van der Waals surface area (Å²) in [4.78, 5) is 49.3. The molecule has 0 aliphatic carbocycles. The highest BCUT2D eigenvalue weighted by Crippen LogP contribution is 2.25. The minimum atomic E-state index is -0.791. The third-order valence-corrected chi connectivity index (χ3v) is 6.36. The quantitative estimate of drug-likeness (QED) is 0.545. The molecule has 0 radical (unpaired) electrons. The first-order valence-corrected chi connectivity index (χ1v) is 11.0. The summed E-state index contributed by atoms with van der Waals surface area (Å²) < 4.78 is 11.2. The summed E-state index contributed by atoms with van der Waals surface area (Å²) in [7, 11) is 1.44. The van der Waals surface area contributed by atoms with E-state index in [-0.39, 0.29) is 18.5 Å². The van der Waals surface area contributed by atoms with E-state index in [0.717, 1.165) is 20.6 Å². The normalized spacial score (nSPS) is 15.2. The molecule has 2 aromatic carbocycles. The van der Waals surface area contributed by atoms with Crippen LogP contribution in [0.1, 0.15) is 27.9 Å². The van der Waals surface area contributed by atoms with Crippen LogP contribution in [0, 0.1) is 19.8 Å². The molecule has 0 saturated carbocycles. The molecule has 1 heterocycles. The molecule has 1 aliphatic heterocycles. The van der Waals surface area contributed by atoms with Gasteiger partial charge in [0.2, 0.25) is 5.91 Å². The highest BCUT2D eigenvalue weighted by Gasteiger charge is 2.37. The zero-order valence-corrected chi connectivity index (χ0v) is 20.0. The number of nitrogens with one attached hydrogen (secondary N) is 2. The Morgan fingerprint density at radius 3 is 2.48 bits per heavy atom. The molecule has 33 heavy (non-hydrogen) atoms. The van der Waals surface area contributed by atoms with Gasteiger partial charge in [-0.05, 0) is 49.2 Å². The second-order valence-electron chi connectivity index (χ2n) is 7.63. The number of hydrogen-bond acceptors (Lipinski definition) is 6. The van der Waals surface area contributed by atoms with Crippen molar-refractivity contribution >= 4 is 45.3 Å². The number of halogens is 1. The van der Waals surface area contributed by atoms with Crippen LogP contribution in [0.25, 0.3) is 0 Å². The van der Waals surface area contributed by atoms with Crippen LogP contribution in [0.15, 0.2) is 40.9 Å². The third-order valence-electron chi connectivity index (χ3n) is 5.11. The van der Waals surface area contributed by atoms with Gasteiger partial charge in [0.1, 0.15) is 5.75 Å². The first-order chi connectivity index (χ1) is 15.7. The number of carbonyl (C=O) groups excluding carboxylic acids is 4. The lowest BCUT2D eigenvalue weighted by Gasteiger charge is -2.18. The molecular formula is C23H24BrN3O6. The molecular weight excluding hydrogens is 494 g/mol. The van der Waals surface area contributed by atoms with Crippen molar-refractivity contribution < 1.29 is 28.7 Å². The van der Waals surface area contributed by atoms with Crippen LogP contribution in [0.4, 0.5) is 5.69 Å². The first-order valence-electron chi connectivity index (χ1n) is 10.2. The van der Waals surface area contributed by atoms with Crippen molar-refractivity contribution in [3.8, 4) is 5.75 Å². The zero-order chi connectivity index (χ0) is 24.1. The van der Waals surface area contributed by atoms with Crippen molar-refractivity contribution in [2.45, 2.75) is 20.3 Å². The largest absolute Gasteiger partial charge is 0.496 e. The number of benzene rings is 2. The van der Waals surface area contributed by atoms with Crippen molar-refractivity contribution in [3.63, 3.8) is 0 Å². The van der Waals surface area contributed by atoms with E-state index in [1.54, 1.807) is 36.4 Å². The maximum absolute atomic E-state index is 12.5.